The van der Waals surface area contributed by atoms with E-state index in [1.807, 2.05) is 0 Å². The number of carbonyl (C=O) groups is 2. The van der Waals surface area contributed by atoms with E-state index in [1.165, 1.54) is 34.8 Å². The zero-order valence-corrected chi connectivity index (χ0v) is 15.8. The molecule has 1 N–H and O–H groups in total. The van der Waals surface area contributed by atoms with Gasteiger partial charge in [0.1, 0.15) is 5.82 Å². The van der Waals surface area contributed by atoms with Crippen molar-refractivity contribution in [2.45, 2.75) is 11.9 Å². The summed E-state index contributed by atoms with van der Waals surface area (Å²) in [6, 6.07) is 5.68. The standard InChI is InChI=1S/C17H20N4O5S/c1-12-18-15(11-19(12)2)27(25,26)21-9-7-20(8-10-21)16(22)13-3-5-14(6-4-13)17(23)24/h3-6,11H,7-10H2,1-2H3,(H,23,24). The van der Waals surface area contributed by atoms with Crippen molar-refractivity contribution in [2.24, 2.45) is 7.05 Å². The first-order valence-electron chi connectivity index (χ1n) is 8.33. The Morgan fingerprint density at radius 1 is 1.04 bits per heavy atom. The topological polar surface area (TPSA) is 113 Å². The van der Waals surface area contributed by atoms with Crippen LogP contribution in [0.15, 0.2) is 35.5 Å². The van der Waals surface area contributed by atoms with Crippen LogP contribution in [0, 0.1) is 6.92 Å². The minimum atomic E-state index is -3.69. The second kappa shape index (κ2) is 7.12. The lowest BCUT2D eigenvalue weighted by Gasteiger charge is -2.33. The first-order chi connectivity index (χ1) is 12.7. The van der Waals surface area contributed by atoms with E-state index in [0.29, 0.717) is 11.4 Å². The third-order valence-electron chi connectivity index (χ3n) is 4.60. The highest BCUT2D eigenvalue weighted by atomic mass is 32.2. The summed E-state index contributed by atoms with van der Waals surface area (Å²) < 4.78 is 28.4. The molecular weight excluding hydrogens is 372 g/mol. The molecular formula is C17H20N4O5S. The molecule has 27 heavy (non-hydrogen) atoms. The van der Waals surface area contributed by atoms with Gasteiger partial charge in [0.2, 0.25) is 0 Å². The molecule has 0 saturated carbocycles. The van der Waals surface area contributed by atoms with Crippen molar-refractivity contribution in [3.63, 3.8) is 0 Å². The molecule has 1 aromatic heterocycles. The molecule has 0 radical (unpaired) electrons. The summed E-state index contributed by atoms with van der Waals surface area (Å²) in [6.45, 7) is 2.59. The predicted octanol–water partition coefficient (Wildman–Crippen LogP) is 0.573. The summed E-state index contributed by atoms with van der Waals surface area (Å²) in [5.41, 5.74) is 0.477. The molecule has 0 atom stereocenters. The predicted molar refractivity (Wildman–Crippen MR) is 96.0 cm³/mol. The van der Waals surface area contributed by atoms with Gasteiger partial charge in [-0.25, -0.2) is 18.2 Å². The van der Waals surface area contributed by atoms with Gasteiger partial charge in [0.05, 0.1) is 5.56 Å². The molecule has 1 amide bonds. The minimum absolute atomic E-state index is 0.00605. The Labute approximate surface area is 156 Å². The third kappa shape index (κ3) is 3.71. The highest BCUT2D eigenvalue weighted by molar-refractivity contribution is 7.89. The van der Waals surface area contributed by atoms with Crippen molar-refractivity contribution >= 4 is 21.9 Å². The Kier molecular flexibility index (Phi) is 5.03. The first kappa shape index (κ1) is 19.1. The fraction of sp³-hybridized carbons (Fsp3) is 0.353. The van der Waals surface area contributed by atoms with Gasteiger partial charge in [0.25, 0.3) is 15.9 Å². The van der Waals surface area contributed by atoms with Crippen molar-refractivity contribution in [1.29, 1.82) is 0 Å². The number of hydrogen-bond donors (Lipinski definition) is 1. The average Bonchev–Trinajstić information content (AvgIpc) is 3.01. The van der Waals surface area contributed by atoms with E-state index < -0.39 is 16.0 Å². The lowest BCUT2D eigenvalue weighted by Crippen LogP contribution is -2.50. The van der Waals surface area contributed by atoms with Gasteiger partial charge in [0.15, 0.2) is 5.03 Å². The molecule has 9 nitrogen and oxygen atoms in total. The lowest BCUT2D eigenvalue weighted by molar-refractivity contribution is 0.0684. The van der Waals surface area contributed by atoms with E-state index in [9.17, 15) is 18.0 Å². The van der Waals surface area contributed by atoms with E-state index in [4.69, 9.17) is 5.11 Å². The fourth-order valence-corrected chi connectivity index (χ4v) is 4.30. The molecule has 2 heterocycles. The number of hydrogen-bond acceptors (Lipinski definition) is 5. The van der Waals surface area contributed by atoms with Crippen LogP contribution < -0.4 is 0 Å². The van der Waals surface area contributed by atoms with E-state index in [0.717, 1.165) is 0 Å². The molecule has 2 aromatic rings. The van der Waals surface area contributed by atoms with Gasteiger partial charge in [-0.15, -0.1) is 0 Å². The van der Waals surface area contributed by atoms with Crippen LogP contribution in [0.1, 0.15) is 26.5 Å². The normalized spacial score (nSPS) is 15.7. The number of carboxylic acids is 1. The van der Waals surface area contributed by atoms with Crippen LogP contribution in [-0.4, -0.2) is 70.3 Å². The van der Waals surface area contributed by atoms with E-state index >= 15 is 0 Å². The third-order valence-corrected chi connectivity index (χ3v) is 6.37. The van der Waals surface area contributed by atoms with Gasteiger partial charge in [-0.2, -0.15) is 4.31 Å². The Balaban J connectivity index is 1.67. The number of imidazole rings is 1. The number of nitrogens with zero attached hydrogens (tertiary/aromatic N) is 4. The number of aromatic nitrogens is 2. The van der Waals surface area contributed by atoms with Gasteiger partial charge >= 0.3 is 5.97 Å². The molecule has 0 aliphatic carbocycles. The van der Waals surface area contributed by atoms with Gasteiger partial charge < -0.3 is 14.6 Å². The molecule has 1 aliphatic heterocycles. The molecule has 144 valence electrons. The largest absolute Gasteiger partial charge is 0.478 e. The van der Waals surface area contributed by atoms with Crippen molar-refractivity contribution in [1.82, 2.24) is 18.8 Å². The summed E-state index contributed by atoms with van der Waals surface area (Å²) in [4.78, 5) is 29.1. The van der Waals surface area contributed by atoms with Crippen LogP contribution >= 0.6 is 0 Å². The molecule has 0 unspecified atom stereocenters. The second-order valence-corrected chi connectivity index (χ2v) is 8.20. The monoisotopic (exact) mass is 392 g/mol. The summed E-state index contributed by atoms with van der Waals surface area (Å²) in [5.74, 6) is -0.706. The Morgan fingerprint density at radius 3 is 2.07 bits per heavy atom. The number of aryl methyl sites for hydroxylation is 2. The number of amides is 1. The second-order valence-electron chi connectivity index (χ2n) is 6.32. The number of rotatable bonds is 4. The molecule has 10 heteroatoms. The maximum Gasteiger partial charge on any atom is 0.335 e. The van der Waals surface area contributed by atoms with Crippen molar-refractivity contribution in [2.75, 3.05) is 26.2 Å². The van der Waals surface area contributed by atoms with Crippen LogP contribution in [0.4, 0.5) is 0 Å². The van der Waals surface area contributed by atoms with Crippen LogP contribution in [0.2, 0.25) is 0 Å². The lowest BCUT2D eigenvalue weighted by atomic mass is 10.1. The van der Waals surface area contributed by atoms with Gasteiger partial charge in [0, 0.05) is 45.0 Å². The average molecular weight is 392 g/mol. The Hall–Kier alpha value is -2.72. The number of piperazine rings is 1. The van der Waals surface area contributed by atoms with Crippen molar-refractivity contribution in [3.8, 4) is 0 Å². The summed E-state index contributed by atoms with van der Waals surface area (Å²) >= 11 is 0. The summed E-state index contributed by atoms with van der Waals surface area (Å²) in [6.07, 6.45) is 1.48. The molecule has 0 spiro atoms. The fourth-order valence-electron chi connectivity index (χ4n) is 2.85. The van der Waals surface area contributed by atoms with Gasteiger partial charge in [-0.3, -0.25) is 4.79 Å². The molecule has 3 rings (SSSR count). The van der Waals surface area contributed by atoms with Gasteiger partial charge in [-0.05, 0) is 31.2 Å². The molecule has 1 aromatic carbocycles. The van der Waals surface area contributed by atoms with Crippen LogP contribution in [0.25, 0.3) is 0 Å². The summed E-state index contributed by atoms with van der Waals surface area (Å²) in [5, 5.41) is 8.92. The minimum Gasteiger partial charge on any atom is -0.478 e. The van der Waals surface area contributed by atoms with E-state index in [2.05, 4.69) is 4.98 Å². The van der Waals surface area contributed by atoms with Crippen LogP contribution in [-0.2, 0) is 17.1 Å². The quantitative estimate of drug-likeness (QED) is 0.814. The SMILES string of the molecule is Cc1nc(S(=O)(=O)N2CCN(C(=O)c3ccc(C(=O)O)cc3)CC2)cn1C. The maximum absolute atomic E-state index is 12.7. The van der Waals surface area contributed by atoms with Crippen molar-refractivity contribution in [3.05, 3.63) is 47.4 Å². The number of carboxylic acid groups (broad SMARTS) is 1. The van der Waals surface area contributed by atoms with Crippen LogP contribution in [0.5, 0.6) is 0 Å². The highest BCUT2D eigenvalue weighted by Gasteiger charge is 2.32. The zero-order valence-electron chi connectivity index (χ0n) is 15.0. The zero-order chi connectivity index (χ0) is 19.8. The molecule has 1 fully saturated rings. The highest BCUT2D eigenvalue weighted by Crippen LogP contribution is 2.18. The van der Waals surface area contributed by atoms with Crippen LogP contribution in [0.3, 0.4) is 0 Å². The Bertz CT molecular complexity index is 954. The number of carbonyl (C=O) groups excluding carboxylic acids is 1. The molecule has 1 saturated heterocycles. The number of aromatic carboxylic acids is 1. The van der Waals surface area contributed by atoms with Gasteiger partial charge in [-0.1, -0.05) is 0 Å². The number of benzene rings is 1. The van der Waals surface area contributed by atoms with E-state index in [-0.39, 0.29) is 42.7 Å². The number of sulfonamides is 1. The van der Waals surface area contributed by atoms with Crippen molar-refractivity contribution < 1.29 is 23.1 Å². The molecule has 1 aliphatic rings. The maximum atomic E-state index is 12.7. The first-order valence-corrected chi connectivity index (χ1v) is 9.77. The van der Waals surface area contributed by atoms with E-state index in [1.54, 1.807) is 23.4 Å². The molecule has 0 bridgehead atoms. The summed E-state index contributed by atoms with van der Waals surface area (Å²) in [7, 11) is -1.96. The Morgan fingerprint density at radius 2 is 1.59 bits per heavy atom. The smallest absolute Gasteiger partial charge is 0.335 e.